The number of halogens is 1. The minimum Gasteiger partial charge on any atom is -0.453 e. The molecule has 0 bridgehead atoms. The summed E-state index contributed by atoms with van der Waals surface area (Å²) in [4.78, 5) is 27.3. The lowest BCUT2D eigenvalue weighted by atomic mass is 9.99. The van der Waals surface area contributed by atoms with Gasteiger partial charge in [0.05, 0.1) is 18.0 Å². The monoisotopic (exact) mass is 585 g/mol. The number of methoxy groups -OCH3 is 1. The Kier molecular flexibility index (Phi) is 8.31. The smallest absolute Gasteiger partial charge is 0.410 e. The second-order valence-corrected chi connectivity index (χ2v) is 11.4. The van der Waals surface area contributed by atoms with E-state index in [2.05, 4.69) is 20.7 Å². The molecule has 1 aliphatic carbocycles. The molecule has 1 aliphatic rings. The van der Waals surface area contributed by atoms with Gasteiger partial charge in [-0.1, -0.05) is 64.5 Å². The van der Waals surface area contributed by atoms with Crippen molar-refractivity contribution in [1.29, 1.82) is 0 Å². The van der Waals surface area contributed by atoms with E-state index in [9.17, 15) is 18.0 Å². The molecule has 0 saturated carbocycles. The minimum absolute atomic E-state index is 0.168. The van der Waals surface area contributed by atoms with E-state index >= 15 is 0 Å². The zero-order chi connectivity index (χ0) is 26.6. The maximum absolute atomic E-state index is 13.1. The van der Waals surface area contributed by atoms with E-state index in [-0.39, 0.29) is 17.9 Å². The normalized spacial score (nSPS) is 13.5. The molecule has 8 nitrogen and oxygen atoms in total. The van der Waals surface area contributed by atoms with E-state index < -0.39 is 34.1 Å². The largest absolute Gasteiger partial charge is 0.453 e. The number of sulfonamides is 1. The van der Waals surface area contributed by atoms with Crippen LogP contribution in [0.5, 0.6) is 0 Å². The van der Waals surface area contributed by atoms with Gasteiger partial charge in [0.2, 0.25) is 15.9 Å². The van der Waals surface area contributed by atoms with Crippen LogP contribution in [0.1, 0.15) is 36.4 Å². The lowest BCUT2D eigenvalue weighted by Crippen LogP contribution is -2.49. The van der Waals surface area contributed by atoms with Gasteiger partial charge in [0.1, 0.15) is 6.04 Å². The average Bonchev–Trinajstić information content (AvgIpc) is 3.22. The molecular weight excluding hydrogens is 558 g/mol. The fourth-order valence-electron chi connectivity index (χ4n) is 4.73. The van der Waals surface area contributed by atoms with Crippen molar-refractivity contribution in [3.63, 3.8) is 0 Å². The number of rotatable bonds is 10. The number of amides is 2. The van der Waals surface area contributed by atoms with Gasteiger partial charge in [-0.2, -0.15) is 0 Å². The molecular formula is C27H28BrN3O5S. The highest BCUT2D eigenvalue weighted by atomic mass is 79.9. The Bertz CT molecular complexity index is 1350. The first kappa shape index (κ1) is 26.8. The van der Waals surface area contributed by atoms with Crippen molar-refractivity contribution in [2.75, 3.05) is 13.7 Å². The molecule has 0 fully saturated rings. The van der Waals surface area contributed by atoms with Crippen LogP contribution in [0.3, 0.4) is 0 Å². The third-order valence-corrected chi connectivity index (χ3v) is 8.45. The van der Waals surface area contributed by atoms with Gasteiger partial charge in [0.25, 0.3) is 0 Å². The van der Waals surface area contributed by atoms with E-state index in [1.165, 1.54) is 24.1 Å². The average molecular weight is 587 g/mol. The van der Waals surface area contributed by atoms with Gasteiger partial charge in [-0.25, -0.2) is 17.9 Å². The predicted octanol–water partition coefficient (Wildman–Crippen LogP) is 4.59. The van der Waals surface area contributed by atoms with Gasteiger partial charge in [-0.3, -0.25) is 9.69 Å². The van der Waals surface area contributed by atoms with Crippen LogP contribution < -0.4 is 10.5 Å². The maximum atomic E-state index is 13.1. The van der Waals surface area contributed by atoms with Gasteiger partial charge < -0.3 is 10.5 Å². The molecule has 0 aliphatic heterocycles. The van der Waals surface area contributed by atoms with Crippen LogP contribution in [0.25, 0.3) is 11.1 Å². The quantitative estimate of drug-likeness (QED) is 0.337. The van der Waals surface area contributed by atoms with Gasteiger partial charge in [-0.05, 0) is 65.8 Å². The van der Waals surface area contributed by atoms with E-state index in [1.807, 2.05) is 48.5 Å². The van der Waals surface area contributed by atoms with Gasteiger partial charge in [-0.15, -0.1) is 0 Å². The summed E-state index contributed by atoms with van der Waals surface area (Å²) in [6.07, 6.45) is 0.508. The lowest BCUT2D eigenvalue weighted by molar-refractivity contribution is -0.123. The molecule has 4 rings (SSSR count). The molecule has 0 heterocycles. The van der Waals surface area contributed by atoms with Crippen LogP contribution in [0.4, 0.5) is 4.79 Å². The van der Waals surface area contributed by atoms with Crippen LogP contribution in [0.2, 0.25) is 0 Å². The first-order chi connectivity index (χ1) is 17.7. The highest BCUT2D eigenvalue weighted by molar-refractivity contribution is 9.10. The number of unbranched alkanes of at least 4 members (excludes halogenated alkanes) is 1. The number of hydrogen-bond acceptors (Lipinski definition) is 5. The Morgan fingerprint density at radius 1 is 0.973 bits per heavy atom. The van der Waals surface area contributed by atoms with Crippen molar-refractivity contribution < 1.29 is 22.7 Å². The summed E-state index contributed by atoms with van der Waals surface area (Å²) < 4.78 is 33.5. The number of benzene rings is 3. The second kappa shape index (κ2) is 11.5. The molecule has 1 atom stereocenters. The number of carbonyl (C=O) groups is 2. The Morgan fingerprint density at radius 3 is 2.08 bits per heavy atom. The first-order valence-electron chi connectivity index (χ1n) is 11.8. The third kappa shape index (κ3) is 5.71. The number of nitrogens with zero attached hydrogens (tertiary/aromatic N) is 1. The van der Waals surface area contributed by atoms with Crippen LogP contribution in [0, 0.1) is 0 Å². The molecule has 2 amide bonds. The zero-order valence-electron chi connectivity index (χ0n) is 20.3. The fourth-order valence-corrected chi connectivity index (χ4v) is 6.07. The van der Waals surface area contributed by atoms with Crippen LogP contribution in [-0.2, 0) is 19.6 Å². The van der Waals surface area contributed by atoms with Crippen molar-refractivity contribution in [2.24, 2.45) is 5.73 Å². The molecule has 0 radical (unpaired) electrons. The molecule has 3 aromatic carbocycles. The molecule has 0 spiro atoms. The molecule has 194 valence electrons. The van der Waals surface area contributed by atoms with Crippen LogP contribution in [-0.4, -0.2) is 45.0 Å². The molecule has 0 unspecified atom stereocenters. The standard InChI is InChI=1S/C27H28BrN3O5S/c1-36-27(33)31(25-22-10-4-2-8-20(22)21-9-3-5-11-23(21)25)24(26(29)32)12-6-7-17-30-37(34,35)19-15-13-18(28)14-16-19/h2-5,8-11,13-16,24-25,30H,6-7,12,17H2,1H3,(H2,29,32)/t24-/m1/s1. The second-order valence-electron chi connectivity index (χ2n) is 8.72. The van der Waals surface area contributed by atoms with Crippen LogP contribution in [0.15, 0.2) is 82.2 Å². The number of hydrogen-bond donors (Lipinski definition) is 2. The summed E-state index contributed by atoms with van der Waals surface area (Å²) in [6, 6.07) is 20.4. The number of fused-ring (bicyclic) bond motifs is 3. The Hall–Kier alpha value is -3.21. The topological polar surface area (TPSA) is 119 Å². The Labute approximate surface area is 225 Å². The maximum Gasteiger partial charge on any atom is 0.410 e. The molecule has 3 N–H and O–H groups in total. The number of nitrogens with one attached hydrogen (secondary N) is 1. The molecule has 3 aromatic rings. The SMILES string of the molecule is COC(=O)N(C1c2ccccc2-c2ccccc21)[C@H](CCCCNS(=O)(=O)c1ccc(Br)cc1)C(N)=O. The number of carbonyl (C=O) groups excluding carboxylic acids is 2. The van der Waals surface area contributed by atoms with E-state index in [1.54, 1.807) is 12.1 Å². The minimum atomic E-state index is -3.65. The molecule has 10 heteroatoms. The number of primary amides is 1. The molecule has 0 aromatic heterocycles. The van der Waals surface area contributed by atoms with E-state index in [0.717, 1.165) is 26.7 Å². The van der Waals surface area contributed by atoms with Crippen molar-refractivity contribution in [3.05, 3.63) is 88.4 Å². The van der Waals surface area contributed by atoms with E-state index in [4.69, 9.17) is 10.5 Å². The summed E-state index contributed by atoms with van der Waals surface area (Å²) >= 11 is 3.29. The van der Waals surface area contributed by atoms with Gasteiger partial charge >= 0.3 is 6.09 Å². The van der Waals surface area contributed by atoms with Crippen LogP contribution >= 0.6 is 15.9 Å². The highest BCUT2D eigenvalue weighted by Crippen LogP contribution is 2.47. The van der Waals surface area contributed by atoms with Gasteiger partial charge in [0.15, 0.2) is 0 Å². The first-order valence-corrected chi connectivity index (χ1v) is 14.1. The van der Waals surface area contributed by atoms with E-state index in [0.29, 0.717) is 12.8 Å². The Morgan fingerprint density at radius 2 is 1.54 bits per heavy atom. The van der Waals surface area contributed by atoms with Crippen molar-refractivity contribution in [2.45, 2.75) is 36.2 Å². The zero-order valence-corrected chi connectivity index (χ0v) is 22.7. The van der Waals surface area contributed by atoms with Crippen molar-refractivity contribution in [3.8, 4) is 11.1 Å². The third-order valence-electron chi connectivity index (χ3n) is 6.45. The summed E-state index contributed by atoms with van der Waals surface area (Å²) in [5.41, 5.74) is 9.57. The summed E-state index contributed by atoms with van der Waals surface area (Å²) in [5.74, 6) is -0.650. The summed E-state index contributed by atoms with van der Waals surface area (Å²) in [6.45, 7) is 0.178. The van der Waals surface area contributed by atoms with Gasteiger partial charge in [0, 0.05) is 11.0 Å². The summed E-state index contributed by atoms with van der Waals surface area (Å²) in [7, 11) is -2.38. The highest BCUT2D eigenvalue weighted by Gasteiger charge is 2.41. The lowest BCUT2D eigenvalue weighted by Gasteiger charge is -2.34. The molecule has 0 saturated heterocycles. The number of nitrogens with two attached hydrogens (primary N) is 1. The summed E-state index contributed by atoms with van der Waals surface area (Å²) in [5, 5.41) is 0. The fraction of sp³-hybridized carbons (Fsp3) is 0.259. The van der Waals surface area contributed by atoms with Crippen molar-refractivity contribution in [1.82, 2.24) is 9.62 Å². The molecule has 37 heavy (non-hydrogen) atoms. The number of ether oxygens (including phenoxy) is 1. The predicted molar refractivity (Wildman–Crippen MR) is 144 cm³/mol. The Balaban J connectivity index is 1.50. The van der Waals surface area contributed by atoms with Crippen molar-refractivity contribution >= 4 is 38.0 Å².